The van der Waals surface area contributed by atoms with Gasteiger partial charge in [0.15, 0.2) is 0 Å². The third-order valence-corrected chi connectivity index (χ3v) is 2.26. The first-order valence-corrected chi connectivity index (χ1v) is 5.45. The van der Waals surface area contributed by atoms with E-state index in [-0.39, 0.29) is 12.8 Å². The summed E-state index contributed by atoms with van der Waals surface area (Å²) in [5.74, 6) is -2.35. The molecule has 18 heavy (non-hydrogen) atoms. The molecule has 0 aromatic rings. The van der Waals surface area contributed by atoms with E-state index in [0.29, 0.717) is 13.0 Å². The molecule has 3 N–H and O–H groups in total. The quantitative estimate of drug-likeness (QED) is 0.550. The van der Waals surface area contributed by atoms with E-state index in [2.05, 4.69) is 11.9 Å². The number of aliphatic carboxylic acids is 2. The maximum absolute atomic E-state index is 11.6. The summed E-state index contributed by atoms with van der Waals surface area (Å²) in [6.45, 7) is 3.93. The van der Waals surface area contributed by atoms with Gasteiger partial charge in [-0.1, -0.05) is 6.08 Å². The van der Waals surface area contributed by atoms with Crippen molar-refractivity contribution in [2.24, 2.45) is 0 Å². The van der Waals surface area contributed by atoms with E-state index >= 15 is 0 Å². The Balaban J connectivity index is 4.30. The van der Waals surface area contributed by atoms with Crippen molar-refractivity contribution in [1.29, 1.82) is 0 Å². The summed E-state index contributed by atoms with van der Waals surface area (Å²) in [6.07, 6.45) is 1.78. The smallest absolute Gasteiger partial charge is 0.326 e. The maximum Gasteiger partial charge on any atom is 0.326 e. The van der Waals surface area contributed by atoms with Crippen LogP contribution >= 0.6 is 0 Å². The molecule has 0 aliphatic rings. The van der Waals surface area contributed by atoms with E-state index in [9.17, 15) is 14.4 Å². The zero-order chi connectivity index (χ0) is 14.1. The average Bonchev–Trinajstić information content (AvgIpc) is 2.30. The Labute approximate surface area is 105 Å². The lowest BCUT2D eigenvalue weighted by Crippen LogP contribution is -2.47. The second kappa shape index (κ2) is 8.10. The number of hydrogen-bond donors (Lipinski definition) is 3. The molecule has 7 nitrogen and oxygen atoms in total. The number of carbonyl (C=O) groups is 3. The second-order valence-corrected chi connectivity index (χ2v) is 3.77. The van der Waals surface area contributed by atoms with Crippen molar-refractivity contribution in [3.05, 3.63) is 12.7 Å². The Hall–Kier alpha value is -2.05. The Morgan fingerprint density at radius 3 is 2.44 bits per heavy atom. The summed E-state index contributed by atoms with van der Waals surface area (Å²) in [4.78, 5) is 34.1. The van der Waals surface area contributed by atoms with E-state index < -0.39 is 24.0 Å². The number of hydrogen-bond acceptors (Lipinski definition) is 3. The van der Waals surface area contributed by atoms with E-state index in [1.807, 2.05) is 0 Å². The zero-order valence-electron chi connectivity index (χ0n) is 10.3. The summed E-state index contributed by atoms with van der Waals surface area (Å²) in [5, 5.41) is 19.6. The second-order valence-electron chi connectivity index (χ2n) is 3.77. The Kier molecular flexibility index (Phi) is 7.18. The van der Waals surface area contributed by atoms with Crippen LogP contribution in [0.4, 0.5) is 4.79 Å². The standard InChI is InChI=1S/C11H18N2O5/c1-3-4-7-13(2)11(18)12-8(10(16)17)5-6-9(14)15/h3,8H,1,4-7H2,2H3,(H,12,18)(H,14,15)(H,16,17)/t8-/m0/s1. The van der Waals surface area contributed by atoms with Crippen molar-refractivity contribution in [3.8, 4) is 0 Å². The van der Waals surface area contributed by atoms with Crippen molar-refractivity contribution in [2.45, 2.75) is 25.3 Å². The highest BCUT2D eigenvalue weighted by Crippen LogP contribution is 2.00. The molecule has 0 aromatic heterocycles. The molecule has 0 bridgehead atoms. The first-order chi connectivity index (χ1) is 8.38. The predicted octanol–water partition coefficient (Wildman–Crippen LogP) is 0.522. The van der Waals surface area contributed by atoms with Gasteiger partial charge in [0.2, 0.25) is 0 Å². The minimum atomic E-state index is -1.25. The summed E-state index contributed by atoms with van der Waals surface area (Å²) >= 11 is 0. The highest BCUT2D eigenvalue weighted by Gasteiger charge is 2.22. The van der Waals surface area contributed by atoms with Crippen LogP contribution in [0.3, 0.4) is 0 Å². The number of amides is 2. The van der Waals surface area contributed by atoms with Gasteiger partial charge in [0.1, 0.15) is 6.04 Å². The minimum Gasteiger partial charge on any atom is -0.481 e. The van der Waals surface area contributed by atoms with Crippen LogP contribution < -0.4 is 5.32 Å². The summed E-state index contributed by atoms with van der Waals surface area (Å²) < 4.78 is 0. The van der Waals surface area contributed by atoms with Gasteiger partial charge in [-0.15, -0.1) is 6.58 Å². The highest BCUT2D eigenvalue weighted by molar-refractivity contribution is 5.82. The molecule has 0 aromatic carbocycles. The molecule has 0 fully saturated rings. The van der Waals surface area contributed by atoms with Gasteiger partial charge in [-0.25, -0.2) is 9.59 Å². The number of carboxylic acid groups (broad SMARTS) is 2. The van der Waals surface area contributed by atoms with E-state index in [1.54, 1.807) is 6.08 Å². The van der Waals surface area contributed by atoms with E-state index in [4.69, 9.17) is 10.2 Å². The number of carboxylic acids is 2. The fourth-order valence-corrected chi connectivity index (χ4v) is 1.17. The largest absolute Gasteiger partial charge is 0.481 e. The minimum absolute atomic E-state index is 0.147. The molecule has 1 atom stereocenters. The molecular formula is C11H18N2O5. The van der Waals surface area contributed by atoms with Gasteiger partial charge in [-0.2, -0.15) is 0 Å². The van der Waals surface area contributed by atoms with Crippen LogP contribution in [0.1, 0.15) is 19.3 Å². The molecule has 0 rings (SSSR count). The number of carbonyl (C=O) groups excluding carboxylic acids is 1. The van der Waals surface area contributed by atoms with E-state index in [1.165, 1.54) is 11.9 Å². The van der Waals surface area contributed by atoms with Crippen molar-refractivity contribution in [2.75, 3.05) is 13.6 Å². The van der Waals surface area contributed by atoms with Gasteiger partial charge in [0.05, 0.1) is 0 Å². The van der Waals surface area contributed by atoms with Crippen LogP contribution in [0.2, 0.25) is 0 Å². The molecule has 0 aliphatic heterocycles. The van der Waals surface area contributed by atoms with Crippen LogP contribution in [0.15, 0.2) is 12.7 Å². The van der Waals surface area contributed by atoms with Crippen LogP contribution in [0.5, 0.6) is 0 Å². The number of nitrogens with one attached hydrogen (secondary N) is 1. The molecule has 2 amide bonds. The SMILES string of the molecule is C=CCCN(C)C(=O)N[C@@H](CCC(=O)O)C(=O)O. The number of rotatable bonds is 8. The van der Waals surface area contributed by atoms with Crippen molar-refractivity contribution in [3.63, 3.8) is 0 Å². The molecule has 102 valence electrons. The summed E-state index contributed by atoms with van der Waals surface area (Å²) in [5.41, 5.74) is 0. The van der Waals surface area contributed by atoms with Gasteiger partial charge >= 0.3 is 18.0 Å². The van der Waals surface area contributed by atoms with Gasteiger partial charge in [0.25, 0.3) is 0 Å². The predicted molar refractivity (Wildman–Crippen MR) is 64.3 cm³/mol. The molecule has 0 radical (unpaired) electrons. The van der Waals surface area contributed by atoms with Crippen molar-refractivity contribution < 1.29 is 24.6 Å². The van der Waals surface area contributed by atoms with Gasteiger partial charge in [-0.3, -0.25) is 4.79 Å². The van der Waals surface area contributed by atoms with Gasteiger partial charge in [0, 0.05) is 20.0 Å². The third kappa shape index (κ3) is 6.51. The normalized spacial score (nSPS) is 11.4. The first kappa shape index (κ1) is 16.0. The third-order valence-electron chi connectivity index (χ3n) is 2.26. The molecule has 0 spiro atoms. The summed E-state index contributed by atoms with van der Waals surface area (Å²) in [7, 11) is 1.52. The molecular weight excluding hydrogens is 240 g/mol. The van der Waals surface area contributed by atoms with Gasteiger partial charge in [-0.05, 0) is 12.8 Å². The van der Waals surface area contributed by atoms with Gasteiger partial charge < -0.3 is 20.4 Å². The lowest BCUT2D eigenvalue weighted by atomic mass is 10.1. The lowest BCUT2D eigenvalue weighted by Gasteiger charge is -2.20. The van der Waals surface area contributed by atoms with Crippen LogP contribution in [-0.4, -0.2) is 52.7 Å². The monoisotopic (exact) mass is 258 g/mol. The molecule has 0 saturated heterocycles. The molecule has 0 aliphatic carbocycles. The molecule has 0 heterocycles. The molecule has 0 unspecified atom stereocenters. The fraction of sp³-hybridized carbons (Fsp3) is 0.545. The zero-order valence-corrected chi connectivity index (χ0v) is 10.3. The molecule has 0 saturated carbocycles. The van der Waals surface area contributed by atoms with E-state index in [0.717, 1.165) is 0 Å². The summed E-state index contributed by atoms with van der Waals surface area (Å²) in [6, 6.07) is -1.74. The topological polar surface area (TPSA) is 107 Å². The average molecular weight is 258 g/mol. The lowest BCUT2D eigenvalue weighted by molar-refractivity contribution is -0.140. The van der Waals surface area contributed by atoms with Crippen LogP contribution in [0, 0.1) is 0 Å². The van der Waals surface area contributed by atoms with Crippen LogP contribution in [-0.2, 0) is 9.59 Å². The maximum atomic E-state index is 11.6. The van der Waals surface area contributed by atoms with Crippen LogP contribution in [0.25, 0.3) is 0 Å². The number of urea groups is 1. The van der Waals surface area contributed by atoms with Crippen molar-refractivity contribution in [1.82, 2.24) is 10.2 Å². The van der Waals surface area contributed by atoms with Crippen molar-refractivity contribution >= 4 is 18.0 Å². The Bertz CT molecular complexity index is 329. The Morgan fingerprint density at radius 1 is 1.39 bits per heavy atom. The Morgan fingerprint density at radius 2 is 2.00 bits per heavy atom. The highest BCUT2D eigenvalue weighted by atomic mass is 16.4. The molecule has 7 heteroatoms. The fourth-order valence-electron chi connectivity index (χ4n) is 1.17. The first-order valence-electron chi connectivity index (χ1n) is 5.45. The number of nitrogens with zero attached hydrogens (tertiary/aromatic N) is 1.